The standard InChI is InChI=1S/C2H7ClO7P2/c3-1-2(4,11(5,6)7)12(8,9)10/h4H,1H2,(H2,5,6,7)(H2,8,9,10). The molecule has 0 radical (unpaired) electrons. The fraction of sp³-hybridized carbons (Fsp3) is 1.00. The van der Waals surface area contributed by atoms with E-state index in [9.17, 15) is 9.13 Å². The molecule has 0 aromatic rings. The zero-order valence-corrected chi connectivity index (χ0v) is 8.08. The van der Waals surface area contributed by atoms with E-state index in [0.29, 0.717) is 0 Å². The summed E-state index contributed by atoms with van der Waals surface area (Å²) in [5.41, 5.74) is 0. The van der Waals surface area contributed by atoms with E-state index < -0.39 is 26.2 Å². The minimum atomic E-state index is -5.35. The van der Waals surface area contributed by atoms with Crippen molar-refractivity contribution in [1.82, 2.24) is 0 Å². The Labute approximate surface area is 72.3 Å². The zero-order chi connectivity index (χ0) is 10.2. The molecule has 0 unspecified atom stereocenters. The van der Waals surface area contributed by atoms with Crippen LogP contribution in [0.2, 0.25) is 0 Å². The van der Waals surface area contributed by atoms with Gasteiger partial charge in [0.1, 0.15) is 0 Å². The monoisotopic (exact) mass is 240 g/mol. The fourth-order valence-corrected chi connectivity index (χ4v) is 2.93. The lowest BCUT2D eigenvalue weighted by Crippen LogP contribution is -2.30. The Morgan fingerprint density at radius 2 is 1.33 bits per heavy atom. The lowest BCUT2D eigenvalue weighted by Gasteiger charge is -2.26. The first kappa shape index (κ1) is 12.6. The van der Waals surface area contributed by atoms with E-state index in [0.717, 1.165) is 0 Å². The van der Waals surface area contributed by atoms with Crippen molar-refractivity contribution in [2.75, 3.05) is 5.88 Å². The van der Waals surface area contributed by atoms with Gasteiger partial charge in [-0.2, -0.15) is 0 Å². The van der Waals surface area contributed by atoms with Crippen molar-refractivity contribution in [2.45, 2.75) is 5.08 Å². The molecule has 0 aromatic heterocycles. The average Bonchev–Trinajstić information content (AvgIpc) is 1.81. The van der Waals surface area contributed by atoms with Gasteiger partial charge >= 0.3 is 15.2 Å². The molecule has 12 heavy (non-hydrogen) atoms. The Bertz CT molecular complexity index is 228. The SMILES string of the molecule is O=P(O)(O)C(O)(CCl)P(=O)(O)O. The summed E-state index contributed by atoms with van der Waals surface area (Å²) < 4.78 is 20.8. The van der Waals surface area contributed by atoms with E-state index in [4.69, 9.17) is 36.3 Å². The summed E-state index contributed by atoms with van der Waals surface area (Å²) in [5, 5.41) is 5.35. The van der Waals surface area contributed by atoms with E-state index in [1.54, 1.807) is 0 Å². The van der Waals surface area contributed by atoms with Gasteiger partial charge in [-0.25, -0.2) is 0 Å². The normalized spacial score (nSPS) is 14.8. The summed E-state index contributed by atoms with van der Waals surface area (Å²) in [6, 6.07) is 0. The Hall–Kier alpha value is 0.550. The molecular formula is C2H7ClO7P2. The predicted octanol–water partition coefficient (Wildman–Crippen LogP) is -0.773. The van der Waals surface area contributed by atoms with Crippen LogP contribution in [0, 0.1) is 0 Å². The second-order valence-electron chi connectivity index (χ2n) is 2.00. The molecule has 0 aliphatic heterocycles. The number of alkyl halides is 1. The average molecular weight is 240 g/mol. The molecule has 5 N–H and O–H groups in total. The first-order valence-electron chi connectivity index (χ1n) is 2.46. The van der Waals surface area contributed by atoms with Gasteiger partial charge in [-0.3, -0.25) is 9.13 Å². The third-order valence-corrected chi connectivity index (χ3v) is 5.62. The first-order valence-corrected chi connectivity index (χ1v) is 6.22. The fourth-order valence-electron chi connectivity index (χ4n) is 0.325. The molecule has 0 rings (SSSR count). The molecule has 0 aliphatic rings. The van der Waals surface area contributed by atoms with Crippen molar-refractivity contribution in [2.24, 2.45) is 0 Å². The number of halogens is 1. The van der Waals surface area contributed by atoms with Crippen molar-refractivity contribution in [3.63, 3.8) is 0 Å². The molecule has 0 amide bonds. The molecule has 0 fully saturated rings. The highest BCUT2D eigenvalue weighted by Gasteiger charge is 2.58. The summed E-state index contributed by atoms with van der Waals surface area (Å²) in [7, 11) is -10.7. The molecule has 10 heteroatoms. The lowest BCUT2D eigenvalue weighted by atomic mass is 10.8. The highest BCUT2D eigenvalue weighted by atomic mass is 35.5. The van der Waals surface area contributed by atoms with Gasteiger partial charge < -0.3 is 24.7 Å². The second-order valence-corrected chi connectivity index (χ2v) is 6.27. The summed E-state index contributed by atoms with van der Waals surface area (Å²) in [6.07, 6.45) is 0. The molecule has 0 aliphatic carbocycles. The predicted molar refractivity (Wildman–Crippen MR) is 39.8 cm³/mol. The van der Waals surface area contributed by atoms with Gasteiger partial charge in [-0.1, -0.05) is 0 Å². The van der Waals surface area contributed by atoms with Crippen LogP contribution in [0.15, 0.2) is 0 Å². The Balaban J connectivity index is 5.25. The molecule has 0 atom stereocenters. The van der Waals surface area contributed by atoms with Crippen LogP contribution in [0.1, 0.15) is 0 Å². The van der Waals surface area contributed by atoms with Crippen LogP contribution in [0.5, 0.6) is 0 Å². The smallest absolute Gasteiger partial charge is 0.367 e. The lowest BCUT2D eigenvalue weighted by molar-refractivity contribution is 0.148. The van der Waals surface area contributed by atoms with Gasteiger partial charge in [0, 0.05) is 0 Å². The second kappa shape index (κ2) is 3.36. The van der Waals surface area contributed by atoms with Crippen molar-refractivity contribution >= 4 is 26.8 Å². The molecule has 0 aromatic carbocycles. The Morgan fingerprint density at radius 3 is 1.33 bits per heavy atom. The van der Waals surface area contributed by atoms with Crippen LogP contribution >= 0.6 is 26.8 Å². The van der Waals surface area contributed by atoms with Gasteiger partial charge in [0.15, 0.2) is 0 Å². The quantitative estimate of drug-likeness (QED) is 0.323. The summed E-state index contributed by atoms with van der Waals surface area (Å²) >= 11 is 4.84. The topological polar surface area (TPSA) is 135 Å². The molecule has 0 heterocycles. The van der Waals surface area contributed by atoms with Crippen LogP contribution in [-0.2, 0) is 9.13 Å². The largest absolute Gasteiger partial charge is 0.370 e. The number of hydrogen-bond donors (Lipinski definition) is 5. The summed E-state index contributed by atoms with van der Waals surface area (Å²) in [5.74, 6) is -1.25. The first-order chi connectivity index (χ1) is 5.06. The highest BCUT2D eigenvalue weighted by molar-refractivity contribution is 7.72. The van der Waals surface area contributed by atoms with Crippen LogP contribution in [-0.4, -0.2) is 35.6 Å². The number of rotatable bonds is 3. The zero-order valence-electron chi connectivity index (χ0n) is 5.53. The molecule has 0 bridgehead atoms. The number of aliphatic hydroxyl groups is 1. The molecule has 0 spiro atoms. The maximum Gasteiger partial charge on any atom is 0.370 e. The van der Waals surface area contributed by atoms with Crippen LogP contribution in [0.25, 0.3) is 0 Å². The maximum absolute atomic E-state index is 10.4. The van der Waals surface area contributed by atoms with Crippen molar-refractivity contribution in [1.29, 1.82) is 0 Å². The third kappa shape index (κ3) is 2.07. The Morgan fingerprint density at radius 1 is 1.08 bits per heavy atom. The van der Waals surface area contributed by atoms with Crippen LogP contribution in [0.4, 0.5) is 0 Å². The van der Waals surface area contributed by atoms with E-state index in [2.05, 4.69) is 0 Å². The molecule has 7 nitrogen and oxygen atoms in total. The number of hydrogen-bond acceptors (Lipinski definition) is 3. The Kier molecular flexibility index (Phi) is 3.52. The van der Waals surface area contributed by atoms with Gasteiger partial charge in [0.2, 0.25) is 0 Å². The minimum absolute atomic E-state index is 1.25. The van der Waals surface area contributed by atoms with Crippen LogP contribution < -0.4 is 0 Å². The van der Waals surface area contributed by atoms with E-state index in [1.807, 2.05) is 0 Å². The van der Waals surface area contributed by atoms with Gasteiger partial charge in [-0.05, 0) is 0 Å². The van der Waals surface area contributed by atoms with E-state index in [-0.39, 0.29) is 0 Å². The van der Waals surface area contributed by atoms with Crippen molar-refractivity contribution in [3.05, 3.63) is 0 Å². The molecule has 0 saturated heterocycles. The van der Waals surface area contributed by atoms with E-state index in [1.165, 1.54) is 0 Å². The summed E-state index contributed by atoms with van der Waals surface area (Å²) in [6.45, 7) is 0. The van der Waals surface area contributed by atoms with Gasteiger partial charge in [0.05, 0.1) is 5.88 Å². The van der Waals surface area contributed by atoms with Gasteiger partial charge in [-0.15, -0.1) is 11.6 Å². The molecular weight excluding hydrogens is 233 g/mol. The molecule has 74 valence electrons. The van der Waals surface area contributed by atoms with Crippen molar-refractivity contribution < 1.29 is 33.8 Å². The molecule has 0 saturated carbocycles. The minimum Gasteiger partial charge on any atom is -0.367 e. The summed E-state index contributed by atoms with van der Waals surface area (Å²) in [4.78, 5) is 33.4. The van der Waals surface area contributed by atoms with Gasteiger partial charge in [0.25, 0.3) is 5.08 Å². The van der Waals surface area contributed by atoms with Crippen LogP contribution in [0.3, 0.4) is 0 Å². The van der Waals surface area contributed by atoms with E-state index >= 15 is 0 Å². The third-order valence-electron chi connectivity index (χ3n) is 1.11. The highest BCUT2D eigenvalue weighted by Crippen LogP contribution is 2.67. The maximum atomic E-state index is 10.4. The van der Waals surface area contributed by atoms with Crippen molar-refractivity contribution in [3.8, 4) is 0 Å².